The fourth-order valence-electron chi connectivity index (χ4n) is 1.92. The molecule has 128 valence electrons. The van der Waals surface area contributed by atoms with E-state index in [9.17, 15) is 31.7 Å². The lowest BCUT2D eigenvalue weighted by Gasteiger charge is -2.11. The molecule has 2 aromatic rings. The van der Waals surface area contributed by atoms with Crippen LogP contribution in [-0.4, -0.2) is 13.3 Å². The van der Waals surface area contributed by atoms with E-state index in [1.54, 1.807) is 0 Å². The molecule has 2 aromatic carbocycles. The van der Waals surface area contributed by atoms with Crippen LogP contribution in [0.1, 0.15) is 11.1 Å². The number of hydrogen-bond acceptors (Lipinski definition) is 5. The highest BCUT2D eigenvalue weighted by atomic mass is 32.2. The molecule has 6 nitrogen and oxygen atoms in total. The van der Waals surface area contributed by atoms with Crippen molar-refractivity contribution in [2.75, 3.05) is 0 Å². The van der Waals surface area contributed by atoms with Gasteiger partial charge >= 0.3 is 16.3 Å². The number of nitrogens with zero attached hydrogens (tertiary/aromatic N) is 1. The average Bonchev–Trinajstić information content (AvgIpc) is 2.45. The van der Waals surface area contributed by atoms with Gasteiger partial charge in [-0.3, -0.25) is 10.1 Å². The molecule has 0 saturated carbocycles. The summed E-state index contributed by atoms with van der Waals surface area (Å²) in [5, 5.41) is 10.7. The molecule has 0 fully saturated rings. The number of nitro groups is 1. The summed E-state index contributed by atoms with van der Waals surface area (Å²) in [6.07, 6.45) is -4.65. The Morgan fingerprint density at radius 2 is 1.79 bits per heavy atom. The molecule has 10 heteroatoms. The highest BCUT2D eigenvalue weighted by Gasteiger charge is 2.31. The quantitative estimate of drug-likeness (QED) is 0.471. The topological polar surface area (TPSA) is 86.5 Å². The molecule has 0 amide bonds. The summed E-state index contributed by atoms with van der Waals surface area (Å²) in [4.78, 5) is 9.59. The number of non-ortho nitro benzene ring substituents is 1. The first-order chi connectivity index (χ1) is 11.0. The maximum atomic E-state index is 12.6. The van der Waals surface area contributed by atoms with Gasteiger partial charge < -0.3 is 4.18 Å². The standard InChI is InChI=1S/C14H10F3NO5S/c1-9-7-11(18(19)20)5-6-13(9)24(21,22)23-12-4-2-3-10(8-12)14(15,16)17/h2-8H,1H3. The fraction of sp³-hybridized carbons (Fsp3) is 0.143. The fourth-order valence-corrected chi connectivity index (χ4v) is 3.06. The monoisotopic (exact) mass is 361 g/mol. The van der Waals surface area contributed by atoms with E-state index in [2.05, 4.69) is 0 Å². The number of benzene rings is 2. The number of rotatable bonds is 4. The zero-order valence-corrected chi connectivity index (χ0v) is 12.9. The Kier molecular flexibility index (Phi) is 4.52. The van der Waals surface area contributed by atoms with Crippen molar-refractivity contribution < 1.29 is 30.7 Å². The van der Waals surface area contributed by atoms with Gasteiger partial charge in [-0.05, 0) is 36.8 Å². The maximum Gasteiger partial charge on any atom is 0.416 e. The first-order valence-corrected chi connectivity index (χ1v) is 7.78. The zero-order valence-electron chi connectivity index (χ0n) is 12.1. The van der Waals surface area contributed by atoms with Crippen LogP contribution in [0.25, 0.3) is 0 Å². The number of alkyl halides is 3. The highest BCUT2D eigenvalue weighted by Crippen LogP contribution is 2.32. The molecule has 0 bridgehead atoms. The molecule has 0 aromatic heterocycles. The summed E-state index contributed by atoms with van der Waals surface area (Å²) in [7, 11) is -4.44. The largest absolute Gasteiger partial charge is 0.416 e. The van der Waals surface area contributed by atoms with Crippen molar-refractivity contribution in [3.63, 3.8) is 0 Å². The van der Waals surface area contributed by atoms with E-state index in [0.717, 1.165) is 36.4 Å². The Bertz CT molecular complexity index is 894. The number of aryl methyl sites for hydroxylation is 1. The third kappa shape index (κ3) is 3.82. The van der Waals surface area contributed by atoms with Gasteiger partial charge in [0.25, 0.3) is 5.69 Å². The van der Waals surface area contributed by atoms with E-state index in [0.29, 0.717) is 6.07 Å². The van der Waals surface area contributed by atoms with Crippen molar-refractivity contribution in [3.8, 4) is 5.75 Å². The summed E-state index contributed by atoms with van der Waals surface area (Å²) >= 11 is 0. The Hall–Kier alpha value is -2.62. The number of hydrogen-bond donors (Lipinski definition) is 0. The van der Waals surface area contributed by atoms with Crippen LogP contribution in [0.15, 0.2) is 47.4 Å². The van der Waals surface area contributed by atoms with Crippen LogP contribution < -0.4 is 4.18 Å². The SMILES string of the molecule is Cc1cc([N+](=O)[O-])ccc1S(=O)(=O)Oc1cccc(C(F)(F)F)c1. The molecule has 2 rings (SSSR count). The van der Waals surface area contributed by atoms with Gasteiger partial charge in [-0.1, -0.05) is 6.07 Å². The Morgan fingerprint density at radius 3 is 2.33 bits per heavy atom. The first kappa shape index (κ1) is 17.7. The van der Waals surface area contributed by atoms with E-state index >= 15 is 0 Å². The summed E-state index contributed by atoms with van der Waals surface area (Å²) in [5.74, 6) is -0.512. The van der Waals surface area contributed by atoms with E-state index < -0.39 is 32.5 Å². The van der Waals surface area contributed by atoms with Gasteiger partial charge in [0, 0.05) is 12.1 Å². The van der Waals surface area contributed by atoms with Crippen LogP contribution in [0, 0.1) is 17.0 Å². The summed E-state index contributed by atoms with van der Waals surface area (Å²) in [5.41, 5.74) is -1.34. The molecular weight excluding hydrogens is 351 g/mol. The molecule has 0 N–H and O–H groups in total. The molecule has 24 heavy (non-hydrogen) atoms. The van der Waals surface area contributed by atoms with Crippen molar-refractivity contribution in [2.45, 2.75) is 18.0 Å². The third-order valence-corrected chi connectivity index (χ3v) is 4.41. The van der Waals surface area contributed by atoms with E-state index in [-0.39, 0.29) is 16.1 Å². The van der Waals surface area contributed by atoms with Gasteiger partial charge in [0.05, 0.1) is 10.5 Å². The van der Waals surface area contributed by atoms with Crippen LogP contribution in [0.5, 0.6) is 5.75 Å². The minimum Gasteiger partial charge on any atom is -0.379 e. The Balaban J connectivity index is 2.37. The van der Waals surface area contributed by atoms with Gasteiger partial charge in [0.1, 0.15) is 10.6 Å². The second-order valence-electron chi connectivity index (χ2n) is 4.77. The molecule has 0 unspecified atom stereocenters. The molecule has 0 aliphatic carbocycles. The van der Waals surface area contributed by atoms with Crippen LogP contribution >= 0.6 is 0 Å². The highest BCUT2D eigenvalue weighted by molar-refractivity contribution is 7.87. The van der Waals surface area contributed by atoms with Crippen molar-refractivity contribution >= 4 is 15.8 Å². The van der Waals surface area contributed by atoms with Crippen LogP contribution in [-0.2, 0) is 16.3 Å². The van der Waals surface area contributed by atoms with E-state index in [1.165, 1.54) is 6.92 Å². The smallest absolute Gasteiger partial charge is 0.379 e. The number of nitro benzene ring substituents is 1. The molecule has 0 aliphatic rings. The lowest BCUT2D eigenvalue weighted by Crippen LogP contribution is -2.12. The summed E-state index contributed by atoms with van der Waals surface area (Å²) in [6, 6.07) is 6.37. The minimum atomic E-state index is -4.65. The van der Waals surface area contributed by atoms with Crippen molar-refractivity contribution in [1.29, 1.82) is 0 Å². The predicted molar refractivity (Wildman–Crippen MR) is 77.1 cm³/mol. The third-order valence-electron chi connectivity index (χ3n) is 3.01. The van der Waals surface area contributed by atoms with Crippen molar-refractivity contribution in [2.24, 2.45) is 0 Å². The van der Waals surface area contributed by atoms with Crippen LogP contribution in [0.3, 0.4) is 0 Å². The molecular formula is C14H10F3NO5S. The summed E-state index contributed by atoms with van der Waals surface area (Å²) < 4.78 is 67.0. The average molecular weight is 361 g/mol. The van der Waals surface area contributed by atoms with Gasteiger partial charge in [-0.15, -0.1) is 0 Å². The first-order valence-electron chi connectivity index (χ1n) is 6.37. The molecule has 0 aliphatic heterocycles. The molecule has 0 spiro atoms. The minimum absolute atomic E-state index is 0.0381. The lowest BCUT2D eigenvalue weighted by molar-refractivity contribution is -0.385. The van der Waals surface area contributed by atoms with Crippen LogP contribution in [0.4, 0.5) is 18.9 Å². The Labute approximate surface area is 134 Å². The zero-order chi connectivity index (χ0) is 18.1. The lowest BCUT2D eigenvalue weighted by atomic mass is 10.2. The predicted octanol–water partition coefficient (Wildman–Crippen LogP) is 3.69. The second kappa shape index (κ2) is 6.11. The second-order valence-corrected chi connectivity index (χ2v) is 6.28. The van der Waals surface area contributed by atoms with E-state index in [1.807, 2.05) is 0 Å². The van der Waals surface area contributed by atoms with Gasteiger partial charge in [0.15, 0.2) is 0 Å². The molecule has 0 saturated heterocycles. The summed E-state index contributed by atoms with van der Waals surface area (Å²) in [6.45, 7) is 1.31. The van der Waals surface area contributed by atoms with Crippen molar-refractivity contribution in [3.05, 3.63) is 63.7 Å². The van der Waals surface area contributed by atoms with Crippen molar-refractivity contribution in [1.82, 2.24) is 0 Å². The normalized spacial score (nSPS) is 12.0. The van der Waals surface area contributed by atoms with Gasteiger partial charge in [-0.25, -0.2) is 0 Å². The molecule has 0 atom stereocenters. The Morgan fingerprint density at radius 1 is 1.12 bits per heavy atom. The van der Waals surface area contributed by atoms with E-state index in [4.69, 9.17) is 4.18 Å². The molecule has 0 radical (unpaired) electrons. The van der Waals surface area contributed by atoms with Gasteiger partial charge in [-0.2, -0.15) is 21.6 Å². The molecule has 0 heterocycles. The van der Waals surface area contributed by atoms with Gasteiger partial charge in [0.2, 0.25) is 0 Å². The number of halogens is 3. The maximum absolute atomic E-state index is 12.6. The van der Waals surface area contributed by atoms with Crippen LogP contribution in [0.2, 0.25) is 0 Å².